The highest BCUT2D eigenvalue weighted by atomic mass is 16.6. The molecule has 3 amide bonds. The van der Waals surface area contributed by atoms with Gasteiger partial charge in [-0.25, -0.2) is 9.69 Å². The van der Waals surface area contributed by atoms with Crippen molar-refractivity contribution in [1.82, 2.24) is 9.80 Å². The number of hydrogen-bond donors (Lipinski definition) is 0. The Morgan fingerprint density at radius 3 is 2.43 bits per heavy atom. The number of carbonyl (C=O) groups excluding carboxylic acids is 3. The highest BCUT2D eigenvalue weighted by molar-refractivity contribution is 5.98. The number of cyclic esters (lactones) is 1. The van der Waals surface area contributed by atoms with Crippen LogP contribution in [0.15, 0.2) is 36.4 Å². The third kappa shape index (κ3) is 3.41. The summed E-state index contributed by atoms with van der Waals surface area (Å²) in [6.45, 7) is 0.886. The maximum atomic E-state index is 12.2. The fraction of sp³-hybridized carbons (Fsp3) is 0.353. The van der Waals surface area contributed by atoms with E-state index in [0.29, 0.717) is 25.9 Å². The van der Waals surface area contributed by atoms with Gasteiger partial charge in [0.1, 0.15) is 0 Å². The Bertz CT molecular complexity index is 617. The van der Waals surface area contributed by atoms with Gasteiger partial charge in [0.25, 0.3) is 5.91 Å². The molecule has 6 nitrogen and oxygen atoms in total. The van der Waals surface area contributed by atoms with E-state index in [9.17, 15) is 14.4 Å². The summed E-state index contributed by atoms with van der Waals surface area (Å²) in [6, 6.07) is 9.46. The lowest BCUT2D eigenvalue weighted by atomic mass is 10.0. The fourth-order valence-electron chi connectivity index (χ4n) is 2.90. The molecule has 1 aromatic carbocycles. The normalized spacial score (nSPS) is 19.5. The van der Waals surface area contributed by atoms with Crippen molar-refractivity contribution in [3.05, 3.63) is 42.0 Å². The molecule has 0 aromatic heterocycles. The molecule has 2 aliphatic rings. The van der Waals surface area contributed by atoms with Gasteiger partial charge in [0.2, 0.25) is 5.91 Å². The number of rotatable bonds is 3. The van der Waals surface area contributed by atoms with Gasteiger partial charge in [-0.1, -0.05) is 30.3 Å². The zero-order valence-corrected chi connectivity index (χ0v) is 12.7. The second-order valence-corrected chi connectivity index (χ2v) is 5.62. The van der Waals surface area contributed by atoms with Crippen LogP contribution in [0.4, 0.5) is 4.79 Å². The van der Waals surface area contributed by atoms with Crippen LogP contribution in [0.3, 0.4) is 0 Å². The molecular weight excluding hydrogens is 296 g/mol. The summed E-state index contributed by atoms with van der Waals surface area (Å²) < 4.78 is 4.74. The van der Waals surface area contributed by atoms with Crippen LogP contribution in [0.1, 0.15) is 18.4 Å². The van der Waals surface area contributed by atoms with Gasteiger partial charge in [-0.3, -0.25) is 9.59 Å². The minimum absolute atomic E-state index is 0.0531. The molecule has 0 spiro atoms. The highest BCUT2D eigenvalue weighted by Gasteiger charge is 2.38. The molecule has 0 unspecified atom stereocenters. The Morgan fingerprint density at radius 2 is 1.83 bits per heavy atom. The van der Waals surface area contributed by atoms with Crippen LogP contribution in [0.25, 0.3) is 6.08 Å². The number of benzene rings is 1. The predicted octanol–water partition coefficient (Wildman–Crippen LogP) is 1.67. The monoisotopic (exact) mass is 314 g/mol. The largest absolute Gasteiger partial charge is 0.439 e. The van der Waals surface area contributed by atoms with Crippen molar-refractivity contribution in [2.45, 2.75) is 18.9 Å². The molecule has 0 bridgehead atoms. The van der Waals surface area contributed by atoms with E-state index in [1.54, 1.807) is 17.1 Å². The fourth-order valence-corrected chi connectivity index (χ4v) is 2.90. The number of hydrogen-bond acceptors (Lipinski definition) is 4. The first kappa shape index (κ1) is 15.3. The average Bonchev–Trinajstić information content (AvgIpc) is 2.92. The van der Waals surface area contributed by atoms with E-state index in [2.05, 4.69) is 0 Å². The molecule has 0 aliphatic carbocycles. The first-order valence-electron chi connectivity index (χ1n) is 7.66. The van der Waals surface area contributed by atoms with Crippen molar-refractivity contribution in [3.8, 4) is 0 Å². The van der Waals surface area contributed by atoms with Crippen LogP contribution in [-0.2, 0) is 14.3 Å². The first-order chi connectivity index (χ1) is 11.1. The van der Waals surface area contributed by atoms with Crippen LogP contribution in [0, 0.1) is 0 Å². The van der Waals surface area contributed by atoms with Crippen LogP contribution in [0.5, 0.6) is 0 Å². The van der Waals surface area contributed by atoms with Crippen LogP contribution < -0.4 is 0 Å². The van der Waals surface area contributed by atoms with Gasteiger partial charge in [0.05, 0.1) is 0 Å². The van der Waals surface area contributed by atoms with E-state index < -0.39 is 6.09 Å². The van der Waals surface area contributed by atoms with E-state index in [-0.39, 0.29) is 24.5 Å². The number of imide groups is 1. The van der Waals surface area contributed by atoms with Crippen molar-refractivity contribution in [1.29, 1.82) is 0 Å². The van der Waals surface area contributed by atoms with Crippen LogP contribution in [0.2, 0.25) is 0 Å². The van der Waals surface area contributed by atoms with Crippen molar-refractivity contribution in [3.63, 3.8) is 0 Å². The lowest BCUT2D eigenvalue weighted by Crippen LogP contribution is -2.48. The van der Waals surface area contributed by atoms with Crippen LogP contribution >= 0.6 is 0 Å². The third-order valence-electron chi connectivity index (χ3n) is 4.14. The third-order valence-corrected chi connectivity index (χ3v) is 4.14. The maximum Gasteiger partial charge on any atom is 0.417 e. The minimum atomic E-state index is -0.566. The molecule has 2 heterocycles. The zero-order valence-electron chi connectivity index (χ0n) is 12.7. The molecule has 23 heavy (non-hydrogen) atoms. The average molecular weight is 314 g/mol. The van der Waals surface area contributed by atoms with Crippen molar-refractivity contribution in [2.75, 3.05) is 19.7 Å². The number of ether oxygens (including phenoxy) is 1. The summed E-state index contributed by atoms with van der Waals surface area (Å²) in [5.74, 6) is -0.341. The second-order valence-electron chi connectivity index (χ2n) is 5.62. The molecule has 2 aliphatic heterocycles. The topological polar surface area (TPSA) is 66.9 Å². The Hall–Kier alpha value is -2.63. The molecule has 0 atom stereocenters. The smallest absolute Gasteiger partial charge is 0.417 e. The van der Waals surface area contributed by atoms with Gasteiger partial charge < -0.3 is 9.64 Å². The Kier molecular flexibility index (Phi) is 4.41. The van der Waals surface area contributed by atoms with Crippen molar-refractivity contribution in [2.24, 2.45) is 0 Å². The molecule has 2 saturated heterocycles. The predicted molar refractivity (Wildman–Crippen MR) is 83.3 cm³/mol. The number of nitrogens with zero attached hydrogens (tertiary/aromatic N) is 2. The Morgan fingerprint density at radius 1 is 1.13 bits per heavy atom. The molecule has 3 rings (SSSR count). The Balaban J connectivity index is 1.54. The van der Waals surface area contributed by atoms with Gasteiger partial charge in [-0.05, 0) is 24.5 Å². The van der Waals surface area contributed by atoms with Gasteiger partial charge >= 0.3 is 6.09 Å². The molecule has 0 radical (unpaired) electrons. The van der Waals surface area contributed by atoms with E-state index in [0.717, 1.165) is 5.56 Å². The number of carbonyl (C=O) groups is 3. The van der Waals surface area contributed by atoms with Gasteiger partial charge in [-0.15, -0.1) is 0 Å². The van der Waals surface area contributed by atoms with Crippen molar-refractivity contribution < 1.29 is 19.1 Å². The van der Waals surface area contributed by atoms with Gasteiger partial charge in [0, 0.05) is 25.2 Å². The van der Waals surface area contributed by atoms with E-state index in [1.807, 2.05) is 30.3 Å². The summed E-state index contributed by atoms with van der Waals surface area (Å²) in [4.78, 5) is 38.3. The molecular formula is C17H18N2O4. The molecule has 0 saturated carbocycles. The molecule has 1 aromatic rings. The van der Waals surface area contributed by atoms with Gasteiger partial charge in [0.15, 0.2) is 6.61 Å². The van der Waals surface area contributed by atoms with E-state index >= 15 is 0 Å². The summed E-state index contributed by atoms with van der Waals surface area (Å²) in [5, 5.41) is 0. The second kappa shape index (κ2) is 6.64. The van der Waals surface area contributed by atoms with E-state index in [4.69, 9.17) is 4.74 Å². The van der Waals surface area contributed by atoms with E-state index in [1.165, 1.54) is 4.90 Å². The number of piperidine rings is 1. The highest BCUT2D eigenvalue weighted by Crippen LogP contribution is 2.21. The summed E-state index contributed by atoms with van der Waals surface area (Å²) in [7, 11) is 0. The minimum Gasteiger partial charge on any atom is -0.439 e. The summed E-state index contributed by atoms with van der Waals surface area (Å²) in [6.07, 6.45) is 3.96. The summed E-state index contributed by atoms with van der Waals surface area (Å²) >= 11 is 0. The zero-order chi connectivity index (χ0) is 16.2. The summed E-state index contributed by atoms with van der Waals surface area (Å²) in [5.41, 5.74) is 0.973. The lowest BCUT2D eigenvalue weighted by Gasteiger charge is -2.34. The molecule has 120 valence electrons. The standard InChI is InChI=1S/C17H18N2O4/c20-15(7-6-13-4-2-1-3-5-13)18-10-8-14(9-11-18)19-16(21)12-23-17(19)22/h1-7,14H,8-12H2/b7-6+. The lowest BCUT2D eigenvalue weighted by molar-refractivity contribution is -0.129. The number of amides is 3. The molecule has 0 N–H and O–H groups in total. The quantitative estimate of drug-likeness (QED) is 0.796. The molecule has 6 heteroatoms. The maximum absolute atomic E-state index is 12.2. The Labute approximate surface area is 134 Å². The number of likely N-dealkylation sites (tertiary alicyclic amines) is 1. The van der Waals surface area contributed by atoms with Crippen LogP contribution in [-0.4, -0.2) is 53.4 Å². The van der Waals surface area contributed by atoms with Crippen molar-refractivity contribution >= 4 is 24.0 Å². The SMILES string of the molecule is O=C(/C=C/c1ccccc1)N1CCC(N2C(=O)COC2=O)CC1. The molecule has 2 fully saturated rings. The van der Waals surface area contributed by atoms with Gasteiger partial charge in [-0.2, -0.15) is 0 Å². The first-order valence-corrected chi connectivity index (χ1v) is 7.66.